The van der Waals surface area contributed by atoms with Gasteiger partial charge in [0.1, 0.15) is 17.1 Å². The zero-order valence-corrected chi connectivity index (χ0v) is 13.6. The molecule has 2 fully saturated rings. The van der Waals surface area contributed by atoms with E-state index in [1.807, 2.05) is 4.90 Å². The molecule has 1 aliphatic heterocycles. The summed E-state index contributed by atoms with van der Waals surface area (Å²) in [5, 5.41) is 0. The van der Waals surface area contributed by atoms with Gasteiger partial charge in [-0.2, -0.15) is 0 Å². The number of piperazine rings is 1. The van der Waals surface area contributed by atoms with Crippen molar-refractivity contribution < 1.29 is 19.1 Å². The highest BCUT2D eigenvalue weighted by Crippen LogP contribution is 2.32. The zero-order chi connectivity index (χ0) is 16.4. The predicted octanol–water partition coefficient (Wildman–Crippen LogP) is 1.40. The van der Waals surface area contributed by atoms with Crippen molar-refractivity contribution >= 4 is 11.8 Å². The Morgan fingerprint density at radius 3 is 1.96 bits per heavy atom. The summed E-state index contributed by atoms with van der Waals surface area (Å²) in [6.45, 7) is 2.27. The van der Waals surface area contributed by atoms with E-state index < -0.39 is 0 Å². The molecule has 1 aromatic carbocycles. The molecule has 0 aromatic heterocycles. The molecule has 2 aliphatic rings. The normalized spacial score (nSPS) is 17.8. The number of ether oxygens (including phenoxy) is 2. The molecular weight excluding hydrogens is 296 g/mol. The second kappa shape index (κ2) is 6.48. The van der Waals surface area contributed by atoms with Gasteiger partial charge in [0.25, 0.3) is 5.91 Å². The van der Waals surface area contributed by atoms with Crippen LogP contribution < -0.4 is 9.47 Å². The van der Waals surface area contributed by atoms with Crippen LogP contribution >= 0.6 is 0 Å². The van der Waals surface area contributed by atoms with E-state index in [0.717, 1.165) is 12.8 Å². The van der Waals surface area contributed by atoms with Crippen LogP contribution in [0.15, 0.2) is 18.2 Å². The molecule has 0 N–H and O–H groups in total. The van der Waals surface area contributed by atoms with Crippen LogP contribution in [0.1, 0.15) is 23.2 Å². The van der Waals surface area contributed by atoms with E-state index in [9.17, 15) is 9.59 Å². The third-order valence-electron chi connectivity index (χ3n) is 4.45. The van der Waals surface area contributed by atoms with Gasteiger partial charge in [-0.15, -0.1) is 0 Å². The van der Waals surface area contributed by atoms with Crippen LogP contribution in [0.5, 0.6) is 11.5 Å². The third-order valence-corrected chi connectivity index (χ3v) is 4.45. The van der Waals surface area contributed by atoms with Gasteiger partial charge in [0.15, 0.2) is 0 Å². The van der Waals surface area contributed by atoms with Crippen molar-refractivity contribution in [1.82, 2.24) is 9.80 Å². The van der Waals surface area contributed by atoms with Gasteiger partial charge in [0.2, 0.25) is 5.91 Å². The lowest BCUT2D eigenvalue weighted by Gasteiger charge is -2.35. The van der Waals surface area contributed by atoms with Gasteiger partial charge in [0, 0.05) is 32.1 Å². The molecule has 1 heterocycles. The second-order valence-corrected chi connectivity index (χ2v) is 5.93. The van der Waals surface area contributed by atoms with Gasteiger partial charge in [-0.1, -0.05) is 6.07 Å². The van der Waals surface area contributed by atoms with Crippen molar-refractivity contribution in [2.24, 2.45) is 5.92 Å². The van der Waals surface area contributed by atoms with E-state index in [-0.39, 0.29) is 17.7 Å². The summed E-state index contributed by atoms with van der Waals surface area (Å²) >= 11 is 0. The van der Waals surface area contributed by atoms with Crippen molar-refractivity contribution in [2.75, 3.05) is 40.4 Å². The van der Waals surface area contributed by atoms with Gasteiger partial charge in [0.05, 0.1) is 14.2 Å². The highest BCUT2D eigenvalue weighted by atomic mass is 16.5. The fourth-order valence-electron chi connectivity index (χ4n) is 2.94. The Balaban J connectivity index is 1.71. The zero-order valence-electron chi connectivity index (χ0n) is 13.6. The van der Waals surface area contributed by atoms with Crippen LogP contribution in [0.3, 0.4) is 0 Å². The number of carbonyl (C=O) groups excluding carboxylic acids is 2. The van der Waals surface area contributed by atoms with Crippen LogP contribution in [0.2, 0.25) is 0 Å². The standard InChI is InChI=1S/C17H22N2O4/c1-22-13-4-3-5-14(23-2)15(13)17(21)19-10-8-18(9-11-19)16(20)12-6-7-12/h3-5,12H,6-11H2,1-2H3. The van der Waals surface area contributed by atoms with E-state index in [0.29, 0.717) is 43.2 Å². The SMILES string of the molecule is COc1cccc(OC)c1C(=O)N1CCN(C(=O)C2CC2)CC1. The predicted molar refractivity (Wildman–Crippen MR) is 84.8 cm³/mol. The van der Waals surface area contributed by atoms with Crippen molar-refractivity contribution in [3.05, 3.63) is 23.8 Å². The first kappa shape index (κ1) is 15.6. The molecule has 2 amide bonds. The minimum absolute atomic E-state index is 0.113. The summed E-state index contributed by atoms with van der Waals surface area (Å²) in [6, 6.07) is 5.30. The molecule has 1 saturated heterocycles. The summed E-state index contributed by atoms with van der Waals surface area (Å²) in [5.74, 6) is 1.37. The van der Waals surface area contributed by atoms with Crippen LogP contribution in [0.25, 0.3) is 0 Å². The summed E-state index contributed by atoms with van der Waals surface area (Å²) in [6.07, 6.45) is 2.02. The molecule has 0 radical (unpaired) electrons. The van der Waals surface area contributed by atoms with Crippen LogP contribution in [-0.4, -0.2) is 62.0 Å². The van der Waals surface area contributed by atoms with E-state index >= 15 is 0 Å². The maximum absolute atomic E-state index is 12.8. The van der Waals surface area contributed by atoms with E-state index in [2.05, 4.69) is 0 Å². The van der Waals surface area contributed by atoms with Gasteiger partial charge >= 0.3 is 0 Å². The average Bonchev–Trinajstić information content (AvgIpc) is 3.45. The minimum Gasteiger partial charge on any atom is -0.496 e. The van der Waals surface area contributed by atoms with Crippen molar-refractivity contribution in [1.29, 1.82) is 0 Å². The number of methoxy groups -OCH3 is 2. The lowest BCUT2D eigenvalue weighted by Crippen LogP contribution is -2.51. The van der Waals surface area contributed by atoms with E-state index in [4.69, 9.17) is 9.47 Å². The molecule has 1 aliphatic carbocycles. The molecule has 0 atom stereocenters. The molecule has 0 spiro atoms. The first-order valence-corrected chi connectivity index (χ1v) is 7.94. The second-order valence-electron chi connectivity index (χ2n) is 5.93. The Kier molecular flexibility index (Phi) is 4.41. The maximum atomic E-state index is 12.8. The summed E-state index contributed by atoms with van der Waals surface area (Å²) < 4.78 is 10.6. The first-order chi connectivity index (χ1) is 11.2. The largest absolute Gasteiger partial charge is 0.496 e. The fourth-order valence-corrected chi connectivity index (χ4v) is 2.94. The maximum Gasteiger partial charge on any atom is 0.261 e. The number of hydrogen-bond acceptors (Lipinski definition) is 4. The Bertz CT molecular complexity index is 582. The molecule has 124 valence electrons. The molecule has 6 nitrogen and oxygen atoms in total. The highest BCUT2D eigenvalue weighted by Gasteiger charge is 2.35. The minimum atomic E-state index is -0.113. The lowest BCUT2D eigenvalue weighted by molar-refractivity contribution is -0.134. The van der Waals surface area contributed by atoms with Crippen molar-refractivity contribution in [3.63, 3.8) is 0 Å². The van der Waals surface area contributed by atoms with Crippen LogP contribution in [0, 0.1) is 5.92 Å². The Labute approximate surface area is 136 Å². The molecule has 23 heavy (non-hydrogen) atoms. The van der Waals surface area contributed by atoms with Crippen molar-refractivity contribution in [2.45, 2.75) is 12.8 Å². The number of hydrogen-bond donors (Lipinski definition) is 0. The molecule has 0 unspecified atom stereocenters. The topological polar surface area (TPSA) is 59.1 Å². The van der Waals surface area contributed by atoms with Gasteiger partial charge in [-0.25, -0.2) is 0 Å². The average molecular weight is 318 g/mol. The van der Waals surface area contributed by atoms with Gasteiger partial charge in [-0.05, 0) is 25.0 Å². The van der Waals surface area contributed by atoms with E-state index in [1.54, 1.807) is 23.1 Å². The van der Waals surface area contributed by atoms with Crippen LogP contribution in [0.4, 0.5) is 0 Å². The molecule has 1 saturated carbocycles. The number of amides is 2. The first-order valence-electron chi connectivity index (χ1n) is 7.94. The Morgan fingerprint density at radius 2 is 1.48 bits per heavy atom. The number of benzene rings is 1. The summed E-state index contributed by atoms with van der Waals surface area (Å²) in [5.41, 5.74) is 0.444. The van der Waals surface area contributed by atoms with E-state index in [1.165, 1.54) is 14.2 Å². The van der Waals surface area contributed by atoms with Crippen LogP contribution in [-0.2, 0) is 4.79 Å². The molecule has 3 rings (SSSR count). The smallest absolute Gasteiger partial charge is 0.261 e. The quantitative estimate of drug-likeness (QED) is 0.842. The summed E-state index contributed by atoms with van der Waals surface area (Å²) in [7, 11) is 3.08. The third kappa shape index (κ3) is 3.11. The number of rotatable bonds is 4. The Hall–Kier alpha value is -2.24. The van der Waals surface area contributed by atoms with Gasteiger partial charge in [-0.3, -0.25) is 9.59 Å². The molecule has 6 heteroatoms. The molecular formula is C17H22N2O4. The monoisotopic (exact) mass is 318 g/mol. The lowest BCUT2D eigenvalue weighted by atomic mass is 10.1. The summed E-state index contributed by atoms with van der Waals surface area (Å²) in [4.78, 5) is 28.6. The molecule has 1 aromatic rings. The fraction of sp³-hybridized carbons (Fsp3) is 0.529. The number of carbonyl (C=O) groups is 2. The Morgan fingerprint density at radius 1 is 0.957 bits per heavy atom. The highest BCUT2D eigenvalue weighted by molar-refractivity contribution is 6.00. The van der Waals surface area contributed by atoms with Crippen molar-refractivity contribution in [3.8, 4) is 11.5 Å². The molecule has 0 bridgehead atoms. The number of nitrogens with zero attached hydrogens (tertiary/aromatic N) is 2. The van der Waals surface area contributed by atoms with Gasteiger partial charge < -0.3 is 19.3 Å².